The molecule has 2 rings (SSSR count). The first kappa shape index (κ1) is 20.3. The number of benzene rings is 1. The summed E-state index contributed by atoms with van der Waals surface area (Å²) in [5.74, 6) is -1.75. The second-order valence-corrected chi connectivity index (χ2v) is 8.05. The minimum Gasteiger partial charge on any atom is -0.479 e. The van der Waals surface area contributed by atoms with Crippen LogP contribution in [0.3, 0.4) is 0 Å². The van der Waals surface area contributed by atoms with Gasteiger partial charge in [-0.05, 0) is 52.3 Å². The number of aromatic nitrogens is 2. The van der Waals surface area contributed by atoms with Gasteiger partial charge in [-0.2, -0.15) is 5.10 Å². The molecule has 2 aromatic rings. The van der Waals surface area contributed by atoms with E-state index >= 15 is 0 Å². The molecule has 1 aromatic heterocycles. The quantitative estimate of drug-likeness (QED) is 0.816. The molecule has 0 spiro atoms. The van der Waals surface area contributed by atoms with Gasteiger partial charge in [0.1, 0.15) is 0 Å². The smallest absolute Gasteiger partial charge is 0.333 e. The molecule has 1 aromatic carbocycles. The SMILES string of the molecule is Cc1c(C(=O)NC(C)(C(=O)O)c2ccc(Cl)c(Cl)c2)cnn1C(C)(C)C. The lowest BCUT2D eigenvalue weighted by atomic mass is 9.91. The molecule has 26 heavy (non-hydrogen) atoms. The van der Waals surface area contributed by atoms with Crippen molar-refractivity contribution in [1.29, 1.82) is 0 Å². The fourth-order valence-corrected chi connectivity index (χ4v) is 2.96. The van der Waals surface area contributed by atoms with E-state index < -0.39 is 17.4 Å². The average Bonchev–Trinajstić information content (AvgIpc) is 2.91. The van der Waals surface area contributed by atoms with E-state index in [9.17, 15) is 14.7 Å². The van der Waals surface area contributed by atoms with Crippen LogP contribution >= 0.6 is 23.2 Å². The maximum atomic E-state index is 12.8. The van der Waals surface area contributed by atoms with Crippen LogP contribution in [0.2, 0.25) is 10.0 Å². The Morgan fingerprint density at radius 1 is 1.15 bits per heavy atom. The molecule has 1 atom stereocenters. The normalized spacial score (nSPS) is 14.0. The highest BCUT2D eigenvalue weighted by Gasteiger charge is 2.38. The molecule has 0 aliphatic carbocycles. The van der Waals surface area contributed by atoms with E-state index in [0.29, 0.717) is 21.8 Å². The number of hydrogen-bond donors (Lipinski definition) is 2. The predicted molar refractivity (Wildman–Crippen MR) is 101 cm³/mol. The highest BCUT2D eigenvalue weighted by molar-refractivity contribution is 6.42. The molecule has 0 fully saturated rings. The summed E-state index contributed by atoms with van der Waals surface area (Å²) in [4.78, 5) is 24.7. The van der Waals surface area contributed by atoms with E-state index in [4.69, 9.17) is 23.2 Å². The number of halogens is 2. The van der Waals surface area contributed by atoms with Gasteiger partial charge in [0.25, 0.3) is 5.91 Å². The number of carboxylic acid groups (broad SMARTS) is 1. The molecule has 0 saturated heterocycles. The van der Waals surface area contributed by atoms with Gasteiger partial charge in [-0.1, -0.05) is 29.3 Å². The number of carbonyl (C=O) groups excluding carboxylic acids is 1. The Bertz CT molecular complexity index is 871. The van der Waals surface area contributed by atoms with Crippen LogP contribution < -0.4 is 5.32 Å². The summed E-state index contributed by atoms with van der Waals surface area (Å²) >= 11 is 11.9. The maximum Gasteiger partial charge on any atom is 0.333 e. The topological polar surface area (TPSA) is 84.2 Å². The molecule has 0 radical (unpaired) electrons. The summed E-state index contributed by atoms with van der Waals surface area (Å²) in [6.07, 6.45) is 1.44. The highest BCUT2D eigenvalue weighted by atomic mass is 35.5. The van der Waals surface area contributed by atoms with Crippen LogP contribution in [-0.4, -0.2) is 26.8 Å². The van der Waals surface area contributed by atoms with Gasteiger partial charge in [0, 0.05) is 5.69 Å². The van der Waals surface area contributed by atoms with Crippen molar-refractivity contribution >= 4 is 35.1 Å². The van der Waals surface area contributed by atoms with Gasteiger partial charge in [-0.15, -0.1) is 0 Å². The summed E-state index contributed by atoms with van der Waals surface area (Å²) in [7, 11) is 0. The Labute approximate surface area is 162 Å². The first-order chi connectivity index (χ1) is 11.9. The molecule has 2 N–H and O–H groups in total. The van der Waals surface area contributed by atoms with Crippen molar-refractivity contribution in [3.05, 3.63) is 51.3 Å². The Hall–Kier alpha value is -2.05. The van der Waals surface area contributed by atoms with Crippen LogP contribution in [0.1, 0.15) is 49.3 Å². The van der Waals surface area contributed by atoms with E-state index in [0.717, 1.165) is 0 Å². The summed E-state index contributed by atoms with van der Waals surface area (Å²) in [5.41, 5.74) is -0.706. The molecule has 0 saturated carbocycles. The van der Waals surface area contributed by atoms with Crippen molar-refractivity contribution in [3.8, 4) is 0 Å². The zero-order valence-electron chi connectivity index (χ0n) is 15.2. The number of carbonyl (C=O) groups is 2. The molecule has 6 nitrogen and oxygen atoms in total. The fraction of sp³-hybridized carbons (Fsp3) is 0.389. The lowest BCUT2D eigenvalue weighted by Crippen LogP contribution is -2.49. The summed E-state index contributed by atoms with van der Waals surface area (Å²) in [5, 5.41) is 17.1. The monoisotopic (exact) mass is 397 g/mol. The second-order valence-electron chi connectivity index (χ2n) is 7.24. The van der Waals surface area contributed by atoms with Crippen molar-refractivity contribution in [3.63, 3.8) is 0 Å². The van der Waals surface area contributed by atoms with Gasteiger partial charge in [0.05, 0.1) is 27.3 Å². The number of aliphatic carboxylic acids is 1. The van der Waals surface area contributed by atoms with E-state index in [1.54, 1.807) is 11.6 Å². The van der Waals surface area contributed by atoms with Crippen LogP contribution in [0.5, 0.6) is 0 Å². The number of carboxylic acids is 1. The van der Waals surface area contributed by atoms with Crippen LogP contribution in [0.25, 0.3) is 0 Å². The van der Waals surface area contributed by atoms with Gasteiger partial charge in [0.2, 0.25) is 0 Å². The zero-order chi connectivity index (χ0) is 19.9. The van der Waals surface area contributed by atoms with Gasteiger partial charge in [-0.25, -0.2) is 4.79 Å². The van der Waals surface area contributed by atoms with Gasteiger partial charge in [0.15, 0.2) is 5.54 Å². The Morgan fingerprint density at radius 2 is 1.77 bits per heavy atom. The molecule has 1 heterocycles. The van der Waals surface area contributed by atoms with Crippen molar-refractivity contribution in [2.45, 2.75) is 45.7 Å². The Kier molecular flexibility index (Phi) is 5.40. The van der Waals surface area contributed by atoms with E-state index in [1.807, 2.05) is 20.8 Å². The number of nitrogens with zero attached hydrogens (tertiary/aromatic N) is 2. The van der Waals surface area contributed by atoms with Gasteiger partial charge < -0.3 is 10.4 Å². The van der Waals surface area contributed by atoms with Gasteiger partial charge in [-0.3, -0.25) is 9.48 Å². The van der Waals surface area contributed by atoms with Crippen molar-refractivity contribution in [2.24, 2.45) is 0 Å². The molecule has 0 bridgehead atoms. The van der Waals surface area contributed by atoms with E-state index in [1.165, 1.54) is 31.3 Å². The van der Waals surface area contributed by atoms with Crippen molar-refractivity contribution in [2.75, 3.05) is 0 Å². The number of amides is 1. The van der Waals surface area contributed by atoms with Crippen molar-refractivity contribution < 1.29 is 14.7 Å². The fourth-order valence-electron chi connectivity index (χ4n) is 2.66. The average molecular weight is 398 g/mol. The largest absolute Gasteiger partial charge is 0.479 e. The third-order valence-electron chi connectivity index (χ3n) is 4.18. The Morgan fingerprint density at radius 3 is 2.23 bits per heavy atom. The summed E-state index contributed by atoms with van der Waals surface area (Å²) in [6, 6.07) is 4.45. The van der Waals surface area contributed by atoms with Crippen LogP contribution in [0, 0.1) is 6.92 Å². The van der Waals surface area contributed by atoms with Crippen LogP contribution in [-0.2, 0) is 15.9 Å². The summed E-state index contributed by atoms with van der Waals surface area (Å²) in [6.45, 7) is 9.06. The predicted octanol–water partition coefficient (Wildman–Crippen LogP) is 3.98. The maximum absolute atomic E-state index is 12.8. The second kappa shape index (κ2) is 6.93. The third kappa shape index (κ3) is 3.71. The lowest BCUT2D eigenvalue weighted by molar-refractivity contribution is -0.144. The first-order valence-corrected chi connectivity index (χ1v) is 8.70. The van der Waals surface area contributed by atoms with Crippen molar-refractivity contribution in [1.82, 2.24) is 15.1 Å². The Balaban J connectivity index is 2.42. The molecule has 0 aliphatic heterocycles. The minimum absolute atomic E-state index is 0.211. The minimum atomic E-state index is -1.68. The number of nitrogens with one attached hydrogen (secondary N) is 1. The third-order valence-corrected chi connectivity index (χ3v) is 4.92. The molecule has 8 heteroatoms. The molecule has 0 aliphatic rings. The van der Waals surface area contributed by atoms with E-state index in [-0.39, 0.29) is 10.6 Å². The van der Waals surface area contributed by atoms with Crippen LogP contribution in [0.4, 0.5) is 0 Å². The molecule has 1 amide bonds. The highest BCUT2D eigenvalue weighted by Crippen LogP contribution is 2.29. The zero-order valence-corrected chi connectivity index (χ0v) is 16.7. The summed E-state index contributed by atoms with van der Waals surface area (Å²) < 4.78 is 1.72. The van der Waals surface area contributed by atoms with Crippen LogP contribution in [0.15, 0.2) is 24.4 Å². The molecular formula is C18H21Cl2N3O3. The molecular weight excluding hydrogens is 377 g/mol. The molecule has 140 valence electrons. The number of hydrogen-bond acceptors (Lipinski definition) is 3. The standard InChI is InChI=1S/C18H21Cl2N3O3/c1-10-12(9-21-23(10)17(2,3)4)15(24)22-18(5,16(25)26)11-6-7-13(19)14(20)8-11/h6-9H,1-5H3,(H,22,24)(H,25,26). The number of rotatable bonds is 4. The lowest BCUT2D eigenvalue weighted by Gasteiger charge is -2.27. The molecule has 1 unspecified atom stereocenters. The van der Waals surface area contributed by atoms with E-state index in [2.05, 4.69) is 10.4 Å². The first-order valence-electron chi connectivity index (χ1n) is 7.94. The van der Waals surface area contributed by atoms with Gasteiger partial charge >= 0.3 is 5.97 Å².